The molecular weight excluding hydrogens is 339 g/mol. The van der Waals surface area contributed by atoms with Crippen LogP contribution in [-0.4, -0.2) is 47.8 Å². The number of halogens is 1. The molecule has 2 aliphatic rings. The van der Waals surface area contributed by atoms with Crippen LogP contribution >= 0.6 is 12.2 Å². The molecule has 4 rings (SSSR count). The highest BCUT2D eigenvalue weighted by Gasteiger charge is 2.36. The zero-order valence-corrected chi connectivity index (χ0v) is 14.7. The van der Waals surface area contributed by atoms with Gasteiger partial charge in [0.1, 0.15) is 5.82 Å². The lowest BCUT2D eigenvalue weighted by molar-refractivity contribution is 0.248. The Balaban J connectivity index is 1.34. The topological polar surface area (TPSA) is 40.6 Å². The van der Waals surface area contributed by atoms with Crippen LogP contribution in [0, 0.1) is 5.82 Å². The van der Waals surface area contributed by atoms with E-state index in [0.29, 0.717) is 17.0 Å². The lowest BCUT2D eigenvalue weighted by Gasteiger charge is -2.46. The fourth-order valence-electron chi connectivity index (χ4n) is 3.37. The van der Waals surface area contributed by atoms with Crippen molar-refractivity contribution in [3.8, 4) is 5.88 Å². The fourth-order valence-corrected chi connectivity index (χ4v) is 3.64. The molecule has 2 aromatic rings. The summed E-state index contributed by atoms with van der Waals surface area (Å²) in [5.74, 6) is 0.416. The van der Waals surface area contributed by atoms with Gasteiger partial charge in [0.25, 0.3) is 0 Å². The number of likely N-dealkylation sites (tertiary alicyclic amines) is 1. The van der Waals surface area contributed by atoms with E-state index in [1.165, 1.54) is 6.07 Å². The van der Waals surface area contributed by atoms with Gasteiger partial charge < -0.3 is 19.9 Å². The third kappa shape index (κ3) is 3.11. The van der Waals surface area contributed by atoms with Gasteiger partial charge in [0.15, 0.2) is 5.11 Å². The Morgan fingerprint density at radius 2 is 2.16 bits per heavy atom. The summed E-state index contributed by atoms with van der Waals surface area (Å²) < 4.78 is 18.4. The minimum atomic E-state index is -0.158. The molecule has 1 saturated heterocycles. The first-order valence-electron chi connectivity index (χ1n) is 8.25. The van der Waals surface area contributed by atoms with Gasteiger partial charge in [0.2, 0.25) is 5.88 Å². The van der Waals surface area contributed by atoms with Crippen LogP contribution in [0.4, 0.5) is 15.8 Å². The van der Waals surface area contributed by atoms with Crippen LogP contribution in [-0.2, 0) is 6.42 Å². The molecule has 0 amide bonds. The molecule has 1 N–H and O–H groups in total. The average Bonchev–Trinajstić information content (AvgIpc) is 2.97. The molecule has 0 atom stereocenters. The number of ether oxygens (including phenoxy) is 1. The van der Waals surface area contributed by atoms with Gasteiger partial charge in [-0.1, -0.05) is 0 Å². The van der Waals surface area contributed by atoms with Crippen molar-refractivity contribution in [2.24, 2.45) is 0 Å². The number of hydrogen-bond acceptors (Lipinski definition) is 4. The summed E-state index contributed by atoms with van der Waals surface area (Å²) in [5.41, 5.74) is 3.10. The second-order valence-electron chi connectivity index (χ2n) is 6.29. The summed E-state index contributed by atoms with van der Waals surface area (Å²) in [6.45, 7) is 2.68. The van der Waals surface area contributed by atoms with E-state index in [9.17, 15) is 4.39 Å². The van der Waals surface area contributed by atoms with Crippen LogP contribution in [0.5, 0.6) is 5.88 Å². The van der Waals surface area contributed by atoms with Crippen LogP contribution in [0.15, 0.2) is 36.5 Å². The minimum Gasteiger partial charge on any atom is -0.481 e. The fraction of sp³-hybridized carbons (Fsp3) is 0.333. The number of pyridine rings is 1. The Labute approximate surface area is 151 Å². The van der Waals surface area contributed by atoms with E-state index in [0.717, 1.165) is 43.0 Å². The lowest BCUT2D eigenvalue weighted by atomic mass is 10.1. The number of nitrogens with one attached hydrogen (secondary N) is 1. The molecule has 0 saturated carbocycles. The molecule has 130 valence electrons. The van der Waals surface area contributed by atoms with Gasteiger partial charge in [-0.15, -0.1) is 0 Å². The predicted octanol–water partition coefficient (Wildman–Crippen LogP) is 2.67. The molecule has 0 aliphatic carbocycles. The molecule has 1 aromatic heterocycles. The summed E-state index contributed by atoms with van der Waals surface area (Å²) >= 11 is 5.48. The third-order valence-corrected chi connectivity index (χ3v) is 5.12. The third-order valence-electron chi connectivity index (χ3n) is 4.76. The number of rotatable bonds is 3. The zero-order valence-electron chi connectivity index (χ0n) is 13.9. The van der Waals surface area contributed by atoms with E-state index in [-0.39, 0.29) is 5.82 Å². The maximum Gasteiger partial charge on any atom is 0.213 e. The van der Waals surface area contributed by atoms with E-state index in [1.807, 2.05) is 12.1 Å². The summed E-state index contributed by atoms with van der Waals surface area (Å²) in [6, 6.07) is 9.18. The largest absolute Gasteiger partial charge is 0.481 e. The maximum absolute atomic E-state index is 13.3. The van der Waals surface area contributed by atoms with Crippen molar-refractivity contribution in [3.63, 3.8) is 0 Å². The molecule has 7 heteroatoms. The molecule has 1 fully saturated rings. The molecule has 1 aromatic carbocycles. The molecule has 25 heavy (non-hydrogen) atoms. The summed E-state index contributed by atoms with van der Waals surface area (Å²) in [5, 5.41) is 3.90. The van der Waals surface area contributed by atoms with Gasteiger partial charge in [-0.05, 0) is 48.5 Å². The van der Waals surface area contributed by atoms with E-state index >= 15 is 0 Å². The summed E-state index contributed by atoms with van der Waals surface area (Å²) in [4.78, 5) is 8.66. The highest BCUT2D eigenvalue weighted by Crippen LogP contribution is 2.32. The predicted molar refractivity (Wildman–Crippen MR) is 99.8 cm³/mol. The first kappa shape index (κ1) is 16.1. The van der Waals surface area contributed by atoms with E-state index in [1.54, 1.807) is 25.4 Å². The van der Waals surface area contributed by atoms with E-state index in [2.05, 4.69) is 20.1 Å². The van der Waals surface area contributed by atoms with Crippen LogP contribution < -0.4 is 15.0 Å². The van der Waals surface area contributed by atoms with Crippen LogP contribution in [0.3, 0.4) is 0 Å². The molecule has 5 nitrogen and oxygen atoms in total. The second kappa shape index (κ2) is 6.48. The monoisotopic (exact) mass is 358 g/mol. The number of aromatic nitrogens is 1. The van der Waals surface area contributed by atoms with Crippen molar-refractivity contribution >= 4 is 28.7 Å². The maximum atomic E-state index is 13.3. The number of hydrogen-bond donors (Lipinski definition) is 1. The van der Waals surface area contributed by atoms with Gasteiger partial charge in [0, 0.05) is 31.4 Å². The molecule has 2 aliphatic heterocycles. The van der Waals surface area contributed by atoms with Crippen molar-refractivity contribution in [2.75, 3.05) is 37.0 Å². The normalized spacial score (nSPS) is 16.4. The molecule has 0 bridgehead atoms. The van der Waals surface area contributed by atoms with E-state index in [4.69, 9.17) is 17.0 Å². The Hall–Kier alpha value is -2.41. The number of benzene rings is 1. The van der Waals surface area contributed by atoms with Gasteiger partial charge in [-0.3, -0.25) is 0 Å². The SMILES string of the molecule is COc1ccc(NC(=S)N2CC(N3CCc4cc(F)ccc43)C2)cn1. The quantitative estimate of drug-likeness (QED) is 0.851. The van der Waals surface area contributed by atoms with Crippen LogP contribution in [0.25, 0.3) is 0 Å². The number of anilines is 2. The average molecular weight is 358 g/mol. The Bertz CT molecular complexity index is 792. The molecule has 0 unspecified atom stereocenters. The van der Waals surface area contributed by atoms with Crippen molar-refractivity contribution in [2.45, 2.75) is 12.5 Å². The van der Waals surface area contributed by atoms with Crippen molar-refractivity contribution in [1.29, 1.82) is 0 Å². The van der Waals surface area contributed by atoms with Gasteiger partial charge in [-0.25, -0.2) is 9.37 Å². The molecule has 0 spiro atoms. The first-order valence-corrected chi connectivity index (χ1v) is 8.66. The molecular formula is C18H19FN4OS. The standard InChI is InChI=1S/C18H19FN4OS/c1-24-17-5-3-14(9-20-17)21-18(25)22-10-15(11-22)23-7-6-12-8-13(19)2-4-16(12)23/h2-5,8-9,15H,6-7,10-11H2,1H3,(H,21,25). The Kier molecular flexibility index (Phi) is 4.17. The highest BCUT2D eigenvalue weighted by molar-refractivity contribution is 7.80. The van der Waals surface area contributed by atoms with Crippen molar-refractivity contribution in [3.05, 3.63) is 47.9 Å². The summed E-state index contributed by atoms with van der Waals surface area (Å²) in [6.07, 6.45) is 2.61. The van der Waals surface area contributed by atoms with Gasteiger partial charge >= 0.3 is 0 Å². The smallest absolute Gasteiger partial charge is 0.213 e. The lowest BCUT2D eigenvalue weighted by Crippen LogP contribution is -2.61. The van der Waals surface area contributed by atoms with Crippen molar-refractivity contribution in [1.82, 2.24) is 9.88 Å². The Morgan fingerprint density at radius 1 is 1.32 bits per heavy atom. The Morgan fingerprint density at radius 3 is 2.88 bits per heavy atom. The number of fused-ring (bicyclic) bond motifs is 1. The van der Waals surface area contributed by atoms with E-state index < -0.39 is 0 Å². The number of thiocarbonyl (C=S) groups is 1. The van der Waals surface area contributed by atoms with Crippen LogP contribution in [0.2, 0.25) is 0 Å². The number of nitrogens with zero attached hydrogens (tertiary/aromatic N) is 3. The second-order valence-corrected chi connectivity index (χ2v) is 6.68. The van der Waals surface area contributed by atoms with Crippen LogP contribution in [0.1, 0.15) is 5.56 Å². The molecule has 3 heterocycles. The first-order chi connectivity index (χ1) is 12.1. The minimum absolute atomic E-state index is 0.158. The van der Waals surface area contributed by atoms with Gasteiger partial charge in [-0.2, -0.15) is 0 Å². The highest BCUT2D eigenvalue weighted by atomic mass is 32.1. The molecule has 0 radical (unpaired) electrons. The van der Waals surface area contributed by atoms with Gasteiger partial charge in [0.05, 0.1) is 25.0 Å². The summed E-state index contributed by atoms with van der Waals surface area (Å²) in [7, 11) is 1.59. The number of methoxy groups -OCH3 is 1. The van der Waals surface area contributed by atoms with Crippen molar-refractivity contribution < 1.29 is 9.13 Å². The zero-order chi connectivity index (χ0) is 17.4.